The molecule has 1 N–H and O–H groups in total. The standard InChI is InChI=1S/C17H28O2/c1-6-19-15-9-7-14(8-10-15)16(18)11-13(2)12-17(3,4)5/h7-10,13,16,18H,6,11-12H2,1-5H3. The minimum absolute atomic E-state index is 0.317. The largest absolute Gasteiger partial charge is 0.494 e. The average Bonchev–Trinajstić information content (AvgIpc) is 2.27. The summed E-state index contributed by atoms with van der Waals surface area (Å²) in [5.74, 6) is 1.38. The molecule has 0 fully saturated rings. The second kappa shape index (κ2) is 6.95. The molecule has 0 saturated heterocycles. The highest BCUT2D eigenvalue weighted by Crippen LogP contribution is 2.30. The fraction of sp³-hybridized carbons (Fsp3) is 0.647. The van der Waals surface area contributed by atoms with Gasteiger partial charge >= 0.3 is 0 Å². The van der Waals surface area contributed by atoms with Gasteiger partial charge in [-0.2, -0.15) is 0 Å². The van der Waals surface area contributed by atoms with E-state index in [2.05, 4.69) is 27.7 Å². The molecule has 0 aliphatic heterocycles. The molecule has 2 nitrogen and oxygen atoms in total. The summed E-state index contributed by atoms with van der Waals surface area (Å²) in [6, 6.07) is 7.77. The van der Waals surface area contributed by atoms with Gasteiger partial charge in [-0.3, -0.25) is 0 Å². The van der Waals surface area contributed by atoms with E-state index < -0.39 is 0 Å². The van der Waals surface area contributed by atoms with E-state index in [9.17, 15) is 5.11 Å². The summed E-state index contributed by atoms with van der Waals surface area (Å²) in [4.78, 5) is 0. The summed E-state index contributed by atoms with van der Waals surface area (Å²) < 4.78 is 5.41. The third kappa shape index (κ3) is 6.11. The molecule has 0 aliphatic carbocycles. The van der Waals surface area contributed by atoms with E-state index in [1.807, 2.05) is 31.2 Å². The highest BCUT2D eigenvalue weighted by Gasteiger charge is 2.18. The lowest BCUT2D eigenvalue weighted by atomic mass is 9.82. The van der Waals surface area contributed by atoms with Gasteiger partial charge in [0.05, 0.1) is 12.7 Å². The lowest BCUT2D eigenvalue weighted by Crippen LogP contribution is -2.13. The van der Waals surface area contributed by atoms with Crippen molar-refractivity contribution in [1.29, 1.82) is 0 Å². The van der Waals surface area contributed by atoms with Gasteiger partial charge in [-0.15, -0.1) is 0 Å². The van der Waals surface area contributed by atoms with E-state index in [-0.39, 0.29) is 6.10 Å². The molecule has 108 valence electrons. The van der Waals surface area contributed by atoms with Gasteiger partial charge in [0.1, 0.15) is 5.75 Å². The minimum Gasteiger partial charge on any atom is -0.494 e. The van der Waals surface area contributed by atoms with Gasteiger partial charge in [-0.05, 0) is 48.8 Å². The van der Waals surface area contributed by atoms with Crippen LogP contribution in [0, 0.1) is 11.3 Å². The molecule has 0 amide bonds. The van der Waals surface area contributed by atoms with Crippen LogP contribution in [0.5, 0.6) is 5.75 Å². The molecule has 2 heteroatoms. The summed E-state index contributed by atoms with van der Waals surface area (Å²) in [5.41, 5.74) is 1.29. The molecule has 0 saturated carbocycles. The molecule has 0 heterocycles. The summed E-state index contributed by atoms with van der Waals surface area (Å²) in [7, 11) is 0. The molecule has 1 aromatic rings. The van der Waals surface area contributed by atoms with Crippen LogP contribution in [0.15, 0.2) is 24.3 Å². The lowest BCUT2D eigenvalue weighted by molar-refractivity contribution is 0.134. The van der Waals surface area contributed by atoms with Crippen molar-refractivity contribution in [2.75, 3.05) is 6.61 Å². The Morgan fingerprint density at radius 1 is 1.16 bits per heavy atom. The maximum Gasteiger partial charge on any atom is 0.119 e. The first-order valence-corrected chi connectivity index (χ1v) is 7.22. The Kier molecular flexibility index (Phi) is 5.86. The van der Waals surface area contributed by atoms with Crippen molar-refractivity contribution in [2.45, 2.75) is 53.6 Å². The fourth-order valence-electron chi connectivity index (χ4n) is 2.60. The Hall–Kier alpha value is -1.02. The van der Waals surface area contributed by atoms with E-state index >= 15 is 0 Å². The van der Waals surface area contributed by atoms with Crippen molar-refractivity contribution in [3.63, 3.8) is 0 Å². The third-order valence-corrected chi connectivity index (χ3v) is 3.16. The summed E-state index contributed by atoms with van der Waals surface area (Å²) >= 11 is 0. The van der Waals surface area contributed by atoms with Crippen LogP contribution < -0.4 is 4.74 Å². The summed E-state index contributed by atoms with van der Waals surface area (Å²) in [5, 5.41) is 10.3. The number of hydrogen-bond acceptors (Lipinski definition) is 2. The highest BCUT2D eigenvalue weighted by atomic mass is 16.5. The molecular formula is C17H28O2. The SMILES string of the molecule is CCOc1ccc(C(O)CC(C)CC(C)(C)C)cc1. The molecule has 2 atom stereocenters. The first kappa shape index (κ1) is 16.0. The van der Waals surface area contributed by atoms with Crippen LogP contribution >= 0.6 is 0 Å². The Morgan fingerprint density at radius 2 is 1.74 bits per heavy atom. The van der Waals surface area contributed by atoms with E-state index in [1.165, 1.54) is 0 Å². The first-order valence-electron chi connectivity index (χ1n) is 7.22. The third-order valence-electron chi connectivity index (χ3n) is 3.16. The predicted molar refractivity (Wildman–Crippen MR) is 80.4 cm³/mol. The zero-order valence-electron chi connectivity index (χ0n) is 12.9. The van der Waals surface area contributed by atoms with E-state index in [1.54, 1.807) is 0 Å². The van der Waals surface area contributed by atoms with Gasteiger partial charge in [0.2, 0.25) is 0 Å². The highest BCUT2D eigenvalue weighted by molar-refractivity contribution is 5.28. The number of aliphatic hydroxyl groups is 1. The smallest absolute Gasteiger partial charge is 0.119 e. The van der Waals surface area contributed by atoms with Gasteiger partial charge in [0, 0.05) is 0 Å². The molecule has 2 unspecified atom stereocenters. The van der Waals surface area contributed by atoms with Crippen LogP contribution in [0.4, 0.5) is 0 Å². The maximum absolute atomic E-state index is 10.3. The fourth-order valence-corrected chi connectivity index (χ4v) is 2.60. The molecule has 0 aromatic heterocycles. The average molecular weight is 264 g/mol. The van der Waals surface area contributed by atoms with Gasteiger partial charge in [0.15, 0.2) is 0 Å². The van der Waals surface area contributed by atoms with Crippen molar-refractivity contribution in [2.24, 2.45) is 11.3 Å². The molecule has 19 heavy (non-hydrogen) atoms. The molecule has 0 radical (unpaired) electrons. The number of ether oxygens (including phenoxy) is 1. The van der Waals surface area contributed by atoms with Crippen molar-refractivity contribution in [1.82, 2.24) is 0 Å². The zero-order chi connectivity index (χ0) is 14.5. The summed E-state index contributed by atoms with van der Waals surface area (Å²) in [6.45, 7) is 11.6. The molecule has 1 rings (SSSR count). The Balaban J connectivity index is 2.55. The topological polar surface area (TPSA) is 29.5 Å². The number of hydrogen-bond donors (Lipinski definition) is 1. The second-order valence-corrected chi connectivity index (χ2v) is 6.62. The van der Waals surface area contributed by atoms with Gasteiger partial charge < -0.3 is 9.84 Å². The van der Waals surface area contributed by atoms with Crippen LogP contribution in [0.1, 0.15) is 59.1 Å². The van der Waals surface area contributed by atoms with Crippen molar-refractivity contribution in [3.8, 4) is 5.75 Å². The van der Waals surface area contributed by atoms with E-state index in [0.29, 0.717) is 17.9 Å². The van der Waals surface area contributed by atoms with Crippen molar-refractivity contribution >= 4 is 0 Å². The number of aliphatic hydroxyl groups excluding tert-OH is 1. The van der Waals surface area contributed by atoms with Crippen LogP contribution in [0.25, 0.3) is 0 Å². The Bertz CT molecular complexity index is 362. The Labute approximate surface area is 117 Å². The van der Waals surface area contributed by atoms with Crippen molar-refractivity contribution in [3.05, 3.63) is 29.8 Å². The number of benzene rings is 1. The normalized spacial score (nSPS) is 15.1. The van der Waals surface area contributed by atoms with E-state index in [4.69, 9.17) is 4.74 Å². The van der Waals surface area contributed by atoms with Crippen LogP contribution in [-0.2, 0) is 0 Å². The first-order chi connectivity index (χ1) is 8.81. The van der Waals surface area contributed by atoms with Crippen molar-refractivity contribution < 1.29 is 9.84 Å². The Morgan fingerprint density at radius 3 is 2.21 bits per heavy atom. The minimum atomic E-state index is -0.381. The lowest BCUT2D eigenvalue weighted by Gasteiger charge is -2.25. The van der Waals surface area contributed by atoms with Gasteiger partial charge in [-0.1, -0.05) is 39.8 Å². The zero-order valence-corrected chi connectivity index (χ0v) is 12.9. The maximum atomic E-state index is 10.3. The summed E-state index contributed by atoms with van der Waals surface area (Å²) in [6.07, 6.45) is 1.56. The van der Waals surface area contributed by atoms with Crippen LogP contribution in [-0.4, -0.2) is 11.7 Å². The molecule has 0 aliphatic rings. The predicted octanol–water partition coefficient (Wildman–Crippen LogP) is 4.58. The van der Waals surface area contributed by atoms with Crippen LogP contribution in [0.2, 0.25) is 0 Å². The molecular weight excluding hydrogens is 236 g/mol. The quantitative estimate of drug-likeness (QED) is 0.815. The number of rotatable bonds is 6. The van der Waals surface area contributed by atoms with Gasteiger partial charge in [0.25, 0.3) is 0 Å². The molecule has 1 aromatic carbocycles. The molecule has 0 spiro atoms. The second-order valence-electron chi connectivity index (χ2n) is 6.62. The van der Waals surface area contributed by atoms with Gasteiger partial charge in [-0.25, -0.2) is 0 Å². The monoisotopic (exact) mass is 264 g/mol. The van der Waals surface area contributed by atoms with Crippen LogP contribution in [0.3, 0.4) is 0 Å². The molecule has 0 bridgehead atoms. The van der Waals surface area contributed by atoms with E-state index in [0.717, 1.165) is 24.2 Å².